The van der Waals surface area contributed by atoms with Crippen LogP contribution in [0, 0.1) is 5.82 Å². The monoisotopic (exact) mass is 401 g/mol. The van der Waals surface area contributed by atoms with Crippen molar-refractivity contribution in [2.24, 2.45) is 0 Å². The number of H-pyrrole nitrogens is 1. The van der Waals surface area contributed by atoms with Gasteiger partial charge in [-0.15, -0.1) is 0 Å². The van der Waals surface area contributed by atoms with Crippen LogP contribution in [-0.4, -0.2) is 39.9 Å². The van der Waals surface area contributed by atoms with Gasteiger partial charge in [0.05, 0.1) is 28.9 Å². The average molecular weight is 402 g/mol. The minimum absolute atomic E-state index is 0.0296. The summed E-state index contributed by atoms with van der Waals surface area (Å²) in [7, 11) is 1.57. The van der Waals surface area contributed by atoms with Gasteiger partial charge in [-0.2, -0.15) is 10.2 Å². The zero-order chi connectivity index (χ0) is 19.8. The van der Waals surface area contributed by atoms with Crippen molar-refractivity contribution in [1.29, 1.82) is 0 Å². The molecule has 0 saturated carbocycles. The summed E-state index contributed by atoms with van der Waals surface area (Å²) in [5.41, 5.74) is 3.03. The minimum atomic E-state index is -0.491. The Labute approximate surface area is 164 Å². The molecule has 3 aromatic heterocycles. The van der Waals surface area contributed by atoms with E-state index in [0.717, 1.165) is 10.9 Å². The smallest absolute Gasteiger partial charge is 0.212 e. The maximum absolute atomic E-state index is 15.2. The molecule has 4 aromatic rings. The zero-order valence-corrected chi connectivity index (χ0v) is 15.9. The van der Waals surface area contributed by atoms with Gasteiger partial charge in [0.1, 0.15) is 5.82 Å². The van der Waals surface area contributed by atoms with Crippen LogP contribution in [0.3, 0.4) is 0 Å². The number of ether oxygens (including phenoxy) is 1. The maximum Gasteiger partial charge on any atom is 0.212 e. The Morgan fingerprint density at radius 2 is 2.29 bits per heavy atom. The number of fused-ring (bicyclic) bond motifs is 2. The molecule has 9 heteroatoms. The van der Waals surface area contributed by atoms with E-state index in [1.807, 2.05) is 13.0 Å². The first-order chi connectivity index (χ1) is 13.5. The second kappa shape index (κ2) is 7.21. The summed E-state index contributed by atoms with van der Waals surface area (Å²) in [4.78, 5) is 10.6. The van der Waals surface area contributed by atoms with Gasteiger partial charge in [-0.25, -0.2) is 8.91 Å². The molecule has 4 rings (SSSR count). The summed E-state index contributed by atoms with van der Waals surface area (Å²) in [6, 6.07) is 5.33. The normalized spacial score (nSPS) is 12.6. The number of hydrogen-bond acceptors (Lipinski definition) is 4. The third-order valence-corrected chi connectivity index (χ3v) is 5.05. The van der Waals surface area contributed by atoms with Crippen LogP contribution in [0.5, 0.6) is 0 Å². The van der Waals surface area contributed by atoms with Crippen molar-refractivity contribution in [3.05, 3.63) is 47.0 Å². The first kappa shape index (κ1) is 18.4. The number of anilines is 1. The quantitative estimate of drug-likeness (QED) is 0.478. The number of halogens is 2. The van der Waals surface area contributed by atoms with E-state index in [0.29, 0.717) is 41.0 Å². The molecule has 0 aliphatic heterocycles. The van der Waals surface area contributed by atoms with Gasteiger partial charge in [0.25, 0.3) is 0 Å². The molecule has 7 nitrogen and oxygen atoms in total. The highest BCUT2D eigenvalue weighted by atomic mass is 35.5. The van der Waals surface area contributed by atoms with Crippen molar-refractivity contribution in [2.45, 2.75) is 12.8 Å². The van der Waals surface area contributed by atoms with Gasteiger partial charge < -0.3 is 10.1 Å². The molecule has 0 radical (unpaired) electrons. The third-order valence-electron chi connectivity index (χ3n) is 4.69. The van der Waals surface area contributed by atoms with Crippen molar-refractivity contribution < 1.29 is 13.9 Å². The van der Waals surface area contributed by atoms with Gasteiger partial charge in [0.2, 0.25) is 6.41 Å². The summed E-state index contributed by atoms with van der Waals surface area (Å²) in [5, 5.41) is 14.5. The summed E-state index contributed by atoms with van der Waals surface area (Å²) in [6.07, 6.45) is 3.92. The van der Waals surface area contributed by atoms with Crippen molar-refractivity contribution in [3.8, 4) is 11.1 Å². The van der Waals surface area contributed by atoms with Crippen LogP contribution >= 0.6 is 11.6 Å². The van der Waals surface area contributed by atoms with E-state index in [1.54, 1.807) is 36.2 Å². The van der Waals surface area contributed by atoms with E-state index in [4.69, 9.17) is 16.3 Å². The maximum atomic E-state index is 15.2. The van der Waals surface area contributed by atoms with Gasteiger partial charge >= 0.3 is 0 Å². The number of hydrogen-bond donors (Lipinski definition) is 2. The predicted molar refractivity (Wildman–Crippen MR) is 105 cm³/mol. The summed E-state index contributed by atoms with van der Waals surface area (Å²) < 4.78 is 22.0. The first-order valence-corrected chi connectivity index (χ1v) is 8.95. The summed E-state index contributed by atoms with van der Waals surface area (Å²) >= 11 is 6.48. The number of aromatic nitrogens is 4. The van der Waals surface area contributed by atoms with Crippen LogP contribution in [0.25, 0.3) is 27.5 Å². The van der Waals surface area contributed by atoms with Crippen LogP contribution < -0.4 is 5.32 Å². The topological polar surface area (TPSA) is 84.3 Å². The van der Waals surface area contributed by atoms with Gasteiger partial charge in [-0.3, -0.25) is 9.89 Å². The van der Waals surface area contributed by atoms with E-state index in [9.17, 15) is 4.79 Å². The number of rotatable bonds is 6. The largest absolute Gasteiger partial charge is 0.384 e. The van der Waals surface area contributed by atoms with Crippen molar-refractivity contribution in [2.75, 3.05) is 19.0 Å². The Morgan fingerprint density at radius 1 is 1.46 bits per heavy atom. The second-order valence-electron chi connectivity index (χ2n) is 6.51. The molecule has 0 aliphatic rings. The Balaban J connectivity index is 1.93. The Kier molecular flexibility index (Phi) is 4.74. The number of methoxy groups -OCH3 is 1. The Hall–Kier alpha value is -2.97. The molecular formula is C19H17ClFN5O2. The fraction of sp³-hybridized carbons (Fsp3) is 0.211. The number of benzene rings is 1. The van der Waals surface area contributed by atoms with Gasteiger partial charge in [-0.1, -0.05) is 18.5 Å². The van der Waals surface area contributed by atoms with Crippen LogP contribution in [0.4, 0.5) is 10.2 Å². The van der Waals surface area contributed by atoms with Crippen molar-refractivity contribution >= 4 is 40.2 Å². The molecule has 28 heavy (non-hydrogen) atoms. The number of amides is 1. The van der Waals surface area contributed by atoms with Crippen LogP contribution in [-0.2, 0) is 9.53 Å². The number of carbonyl (C=O) groups excluding carboxylic acids is 1. The number of pyridine rings is 1. The molecule has 2 N–H and O–H groups in total. The van der Waals surface area contributed by atoms with E-state index in [-0.39, 0.29) is 10.9 Å². The van der Waals surface area contributed by atoms with E-state index < -0.39 is 5.82 Å². The molecule has 0 saturated heterocycles. The molecular weight excluding hydrogens is 385 g/mol. The van der Waals surface area contributed by atoms with Crippen LogP contribution in [0.15, 0.2) is 30.6 Å². The molecule has 144 valence electrons. The van der Waals surface area contributed by atoms with Crippen LogP contribution in [0.1, 0.15) is 18.4 Å². The lowest BCUT2D eigenvalue weighted by Crippen LogP contribution is -2.07. The SMILES string of the molecule is COCC(C)c1c(F)c(Cl)c(-c2ccn3nc(NC=O)cc3c2)c2cn[nH]c12. The highest BCUT2D eigenvalue weighted by molar-refractivity contribution is 6.35. The molecule has 1 aromatic carbocycles. The Bertz CT molecular complexity index is 1190. The first-order valence-electron chi connectivity index (χ1n) is 8.58. The van der Waals surface area contributed by atoms with E-state index in [1.165, 1.54) is 0 Å². The van der Waals surface area contributed by atoms with E-state index >= 15 is 4.39 Å². The van der Waals surface area contributed by atoms with Gasteiger partial charge in [-0.05, 0) is 17.7 Å². The average Bonchev–Trinajstić information content (AvgIpc) is 3.29. The molecule has 1 unspecified atom stereocenters. The highest BCUT2D eigenvalue weighted by Crippen LogP contribution is 2.41. The van der Waals surface area contributed by atoms with Crippen LogP contribution in [0.2, 0.25) is 5.02 Å². The molecule has 0 aliphatic carbocycles. The minimum Gasteiger partial charge on any atom is -0.384 e. The standard InChI is InChI=1S/C19H17ClFN5O2/c1-10(8-28-2)15-18(21)17(20)16(13-7-23-24-19(13)15)11-3-4-26-12(5-11)6-14(25-26)22-9-27/h3-7,9-10H,8H2,1-2H3,(H,23,24)(H,22,25,27). The fourth-order valence-corrected chi connectivity index (χ4v) is 3.81. The Morgan fingerprint density at radius 3 is 3.04 bits per heavy atom. The molecule has 1 amide bonds. The van der Waals surface area contributed by atoms with Crippen molar-refractivity contribution in [1.82, 2.24) is 19.8 Å². The lowest BCUT2D eigenvalue weighted by atomic mass is 9.93. The third kappa shape index (κ3) is 2.90. The predicted octanol–water partition coefficient (Wildman–Crippen LogP) is 3.99. The molecule has 0 spiro atoms. The van der Waals surface area contributed by atoms with Crippen molar-refractivity contribution in [3.63, 3.8) is 0 Å². The van der Waals surface area contributed by atoms with E-state index in [2.05, 4.69) is 20.6 Å². The zero-order valence-electron chi connectivity index (χ0n) is 15.2. The second-order valence-corrected chi connectivity index (χ2v) is 6.89. The highest BCUT2D eigenvalue weighted by Gasteiger charge is 2.24. The summed E-state index contributed by atoms with van der Waals surface area (Å²) in [6.45, 7) is 2.23. The number of carbonyl (C=O) groups is 1. The van der Waals surface area contributed by atoms with Gasteiger partial charge in [0, 0.05) is 41.8 Å². The molecule has 0 bridgehead atoms. The fourth-order valence-electron chi connectivity index (χ4n) is 3.50. The number of nitrogens with one attached hydrogen (secondary N) is 2. The molecule has 1 atom stereocenters. The number of aromatic amines is 1. The molecule has 3 heterocycles. The number of nitrogens with zero attached hydrogens (tertiary/aromatic N) is 3. The lowest BCUT2D eigenvalue weighted by Gasteiger charge is -2.17. The lowest BCUT2D eigenvalue weighted by molar-refractivity contribution is -0.105. The summed E-state index contributed by atoms with van der Waals surface area (Å²) in [5.74, 6) is -0.273. The van der Waals surface area contributed by atoms with Gasteiger partial charge in [0.15, 0.2) is 5.82 Å². The molecule has 0 fully saturated rings.